The number of aliphatic hydroxyl groups excluding tert-OH is 1. The third-order valence-corrected chi connectivity index (χ3v) is 17.5. The van der Waals surface area contributed by atoms with E-state index >= 15 is 0 Å². The first-order valence-corrected chi connectivity index (χ1v) is 40.2. The number of unbranched alkanes of at least 4 members (excludes halogenated alkanes) is 32. The number of phosphoric ester groups is 2. The van der Waals surface area contributed by atoms with Gasteiger partial charge in [-0.3, -0.25) is 37.3 Å². The van der Waals surface area contributed by atoms with Crippen LogP contribution in [0.25, 0.3) is 0 Å². The van der Waals surface area contributed by atoms with E-state index in [1.807, 2.05) is 0 Å². The standard InChI is InChI=1S/C75H134O17P2/c1-5-9-13-17-21-25-29-32-34-37-41-44-48-52-56-60-73(78)86-66-71(92-75(80)62-58-54-50-46-42-38-35-33-30-26-22-18-14-10-6-2)68-90-94(83,84)88-64-69(76)63-87-93(81,82)89-67-70(91-74(79)61-57-53-49-45-39-28-24-20-16-12-8-4)65-85-72(77)59-55-51-47-43-40-36-31-27-23-19-15-11-7-3/h9,13,15,19,21,25,27,31-35,69-71,76H,5-8,10-12,14,16-18,20,22-24,26,28-30,36-68H2,1-4H3,(H,81,82)(H,83,84)/b13-9-,19-15-,25-21-,31-27-,34-32-,35-33-. The highest BCUT2D eigenvalue weighted by molar-refractivity contribution is 7.47. The van der Waals surface area contributed by atoms with E-state index in [-0.39, 0.29) is 25.7 Å². The average Bonchev–Trinajstić information content (AvgIpc) is 1.36. The van der Waals surface area contributed by atoms with Crippen LogP contribution in [-0.2, 0) is 65.4 Å². The minimum atomic E-state index is -4.97. The maximum absolute atomic E-state index is 13.1. The van der Waals surface area contributed by atoms with Crippen molar-refractivity contribution in [1.29, 1.82) is 0 Å². The number of aliphatic hydroxyl groups is 1. The number of carbonyl (C=O) groups is 4. The first-order valence-electron chi connectivity index (χ1n) is 37.2. The van der Waals surface area contributed by atoms with Gasteiger partial charge in [0.05, 0.1) is 26.4 Å². The Morgan fingerprint density at radius 2 is 0.574 bits per heavy atom. The van der Waals surface area contributed by atoms with Gasteiger partial charge in [0.2, 0.25) is 0 Å². The summed E-state index contributed by atoms with van der Waals surface area (Å²) >= 11 is 0. The smallest absolute Gasteiger partial charge is 0.462 e. The van der Waals surface area contributed by atoms with Crippen molar-refractivity contribution in [3.63, 3.8) is 0 Å². The van der Waals surface area contributed by atoms with E-state index in [0.29, 0.717) is 25.7 Å². The molecule has 0 spiro atoms. The number of esters is 4. The Morgan fingerprint density at radius 1 is 0.309 bits per heavy atom. The van der Waals surface area contributed by atoms with Crippen LogP contribution < -0.4 is 0 Å². The number of hydrogen-bond acceptors (Lipinski definition) is 15. The maximum atomic E-state index is 13.1. The quantitative estimate of drug-likeness (QED) is 0.0169. The molecule has 19 heteroatoms. The summed E-state index contributed by atoms with van der Waals surface area (Å²) in [5.74, 6) is -2.20. The van der Waals surface area contributed by atoms with E-state index in [0.717, 1.165) is 167 Å². The summed E-state index contributed by atoms with van der Waals surface area (Å²) in [5, 5.41) is 10.6. The molecule has 0 aliphatic rings. The molecule has 0 fully saturated rings. The third-order valence-electron chi connectivity index (χ3n) is 15.6. The Balaban J connectivity index is 5.33. The van der Waals surface area contributed by atoms with E-state index in [1.165, 1.54) is 77.0 Å². The largest absolute Gasteiger partial charge is 0.472 e. The highest BCUT2D eigenvalue weighted by Crippen LogP contribution is 2.45. The SMILES string of the molecule is CC/C=C\C/C=C\C/C=C\CCCCCCCC(=O)OCC(COP(=O)(O)OCC(O)COP(=O)(O)OCC(COC(=O)CCCCCCC/C=C\C/C=C\CCC)OC(=O)CCCCCCCCCCCCC)OC(=O)CCCCCCC/C=C\CCCCCCCC. The number of ether oxygens (including phenoxy) is 4. The lowest BCUT2D eigenvalue weighted by Crippen LogP contribution is -2.30. The molecule has 5 atom stereocenters. The predicted molar refractivity (Wildman–Crippen MR) is 381 cm³/mol. The van der Waals surface area contributed by atoms with Crippen LogP contribution in [0.5, 0.6) is 0 Å². The van der Waals surface area contributed by atoms with E-state index in [9.17, 15) is 43.2 Å². The molecule has 5 unspecified atom stereocenters. The minimum absolute atomic E-state index is 0.0835. The van der Waals surface area contributed by atoms with Gasteiger partial charge in [-0.05, 0) is 109 Å². The van der Waals surface area contributed by atoms with Gasteiger partial charge in [-0.2, -0.15) is 0 Å². The molecule has 0 heterocycles. The zero-order chi connectivity index (χ0) is 69.0. The Morgan fingerprint density at radius 3 is 0.904 bits per heavy atom. The second kappa shape index (κ2) is 68.0. The highest BCUT2D eigenvalue weighted by atomic mass is 31.2. The lowest BCUT2D eigenvalue weighted by atomic mass is 10.1. The van der Waals surface area contributed by atoms with Crippen molar-refractivity contribution in [3.8, 4) is 0 Å². The molecule has 3 N–H and O–H groups in total. The van der Waals surface area contributed by atoms with Gasteiger partial charge in [0.15, 0.2) is 12.2 Å². The molecule has 0 aliphatic carbocycles. The van der Waals surface area contributed by atoms with E-state index in [1.54, 1.807) is 0 Å². The summed E-state index contributed by atoms with van der Waals surface area (Å²) < 4.78 is 68.3. The van der Waals surface area contributed by atoms with E-state index in [4.69, 9.17) is 37.0 Å². The fraction of sp³-hybridized carbons (Fsp3) is 0.787. The third kappa shape index (κ3) is 67.1. The van der Waals surface area contributed by atoms with Crippen LogP contribution in [0.15, 0.2) is 72.9 Å². The molecule has 0 aromatic heterocycles. The fourth-order valence-electron chi connectivity index (χ4n) is 9.97. The van der Waals surface area contributed by atoms with Crippen LogP contribution in [0, 0.1) is 0 Å². The van der Waals surface area contributed by atoms with Gasteiger partial charge in [0, 0.05) is 25.7 Å². The van der Waals surface area contributed by atoms with Gasteiger partial charge in [0.1, 0.15) is 19.3 Å². The molecular formula is C75H134O17P2. The van der Waals surface area contributed by atoms with E-state index in [2.05, 4.69) is 101 Å². The molecule has 0 radical (unpaired) electrons. The first-order chi connectivity index (χ1) is 45.7. The van der Waals surface area contributed by atoms with Crippen molar-refractivity contribution in [2.24, 2.45) is 0 Å². The zero-order valence-electron chi connectivity index (χ0n) is 59.4. The Bertz CT molecular complexity index is 2070. The topological polar surface area (TPSA) is 237 Å². The first kappa shape index (κ1) is 90.5. The highest BCUT2D eigenvalue weighted by Gasteiger charge is 2.30. The van der Waals surface area contributed by atoms with Gasteiger partial charge >= 0.3 is 39.5 Å². The van der Waals surface area contributed by atoms with Crippen LogP contribution in [0.4, 0.5) is 0 Å². The molecular weight excluding hydrogens is 1230 g/mol. The monoisotopic (exact) mass is 1370 g/mol. The van der Waals surface area contributed by atoms with E-state index < -0.39 is 97.5 Å². The molecule has 0 amide bonds. The molecule has 0 saturated carbocycles. The van der Waals surface area contributed by atoms with Crippen molar-refractivity contribution in [2.75, 3.05) is 39.6 Å². The summed E-state index contributed by atoms with van der Waals surface area (Å²) in [5.41, 5.74) is 0. The van der Waals surface area contributed by atoms with Crippen molar-refractivity contribution >= 4 is 39.5 Å². The molecule has 94 heavy (non-hydrogen) atoms. The lowest BCUT2D eigenvalue weighted by molar-refractivity contribution is -0.161. The van der Waals surface area contributed by atoms with Crippen LogP contribution in [0.2, 0.25) is 0 Å². The molecule has 0 aromatic rings. The molecule has 0 aliphatic heterocycles. The summed E-state index contributed by atoms with van der Waals surface area (Å²) in [4.78, 5) is 72.7. The molecule has 0 saturated heterocycles. The van der Waals surface area contributed by atoms with Gasteiger partial charge in [-0.25, -0.2) is 9.13 Å². The maximum Gasteiger partial charge on any atom is 0.472 e. The molecule has 17 nitrogen and oxygen atoms in total. The number of rotatable bonds is 70. The Labute approximate surface area is 571 Å². The predicted octanol–water partition coefficient (Wildman–Crippen LogP) is 20.9. The Hall–Kier alpha value is -3.50. The van der Waals surface area contributed by atoms with Gasteiger partial charge in [0.25, 0.3) is 0 Å². The number of allylic oxidation sites excluding steroid dienone is 12. The summed E-state index contributed by atoms with van der Waals surface area (Å²) in [6.45, 7) is 4.67. The summed E-state index contributed by atoms with van der Waals surface area (Å²) in [6.07, 6.45) is 66.1. The van der Waals surface area contributed by atoms with Gasteiger partial charge in [-0.15, -0.1) is 0 Å². The number of hydrogen-bond donors (Lipinski definition) is 3. The van der Waals surface area contributed by atoms with Crippen molar-refractivity contribution < 1.29 is 80.2 Å². The molecule has 0 bridgehead atoms. The summed E-state index contributed by atoms with van der Waals surface area (Å²) in [6, 6.07) is 0. The zero-order valence-corrected chi connectivity index (χ0v) is 61.2. The summed E-state index contributed by atoms with van der Waals surface area (Å²) in [7, 11) is -9.94. The second-order valence-electron chi connectivity index (χ2n) is 24.9. The van der Waals surface area contributed by atoms with Crippen molar-refractivity contribution in [2.45, 2.75) is 341 Å². The fourth-order valence-corrected chi connectivity index (χ4v) is 11.6. The molecule has 546 valence electrons. The minimum Gasteiger partial charge on any atom is -0.462 e. The van der Waals surface area contributed by atoms with Crippen molar-refractivity contribution in [1.82, 2.24) is 0 Å². The average molecular weight is 1370 g/mol. The number of phosphoric acid groups is 2. The Kier molecular flexibility index (Phi) is 65.5. The van der Waals surface area contributed by atoms with Crippen LogP contribution in [-0.4, -0.2) is 96.7 Å². The second-order valence-corrected chi connectivity index (χ2v) is 27.8. The normalized spacial score (nSPS) is 14.4. The van der Waals surface area contributed by atoms with Gasteiger partial charge in [-0.1, -0.05) is 261 Å². The molecule has 0 rings (SSSR count). The molecule has 0 aromatic carbocycles. The lowest BCUT2D eigenvalue weighted by Gasteiger charge is -2.21. The van der Waals surface area contributed by atoms with Crippen LogP contribution in [0.3, 0.4) is 0 Å². The van der Waals surface area contributed by atoms with Crippen LogP contribution >= 0.6 is 15.6 Å². The van der Waals surface area contributed by atoms with Crippen LogP contribution in [0.1, 0.15) is 323 Å². The van der Waals surface area contributed by atoms with Crippen molar-refractivity contribution in [3.05, 3.63) is 72.9 Å². The van der Waals surface area contributed by atoms with Gasteiger partial charge < -0.3 is 33.8 Å². The number of carbonyl (C=O) groups excluding carboxylic acids is 4.